The van der Waals surface area contributed by atoms with E-state index >= 15 is 0 Å². The molecule has 1 heterocycles. The molecule has 0 aliphatic rings. The second-order valence-corrected chi connectivity index (χ2v) is 3.55. The molecule has 0 aliphatic carbocycles. The average molecular weight is 208 g/mol. The lowest BCUT2D eigenvalue weighted by Crippen LogP contribution is -1.90. The van der Waals surface area contributed by atoms with Crippen molar-refractivity contribution >= 4 is 11.6 Å². The summed E-state index contributed by atoms with van der Waals surface area (Å²) < 4.78 is 0. The van der Waals surface area contributed by atoms with Crippen molar-refractivity contribution < 1.29 is 0 Å². The minimum absolute atomic E-state index is 0.270. The molecule has 0 radical (unpaired) electrons. The van der Waals surface area contributed by atoms with Crippen molar-refractivity contribution in [3.8, 4) is 0 Å². The van der Waals surface area contributed by atoms with Gasteiger partial charge in [-0.25, -0.2) is 4.98 Å². The first-order valence-electron chi connectivity index (χ1n) is 4.36. The second-order valence-electron chi connectivity index (χ2n) is 3.21. The molecule has 72 valence electrons. The first-order chi connectivity index (χ1) is 6.74. The van der Waals surface area contributed by atoms with Gasteiger partial charge in [0.05, 0.1) is 0 Å². The highest BCUT2D eigenvalue weighted by atomic mass is 35.5. The van der Waals surface area contributed by atoms with Crippen LogP contribution in [0.4, 0.5) is 0 Å². The number of nitrogens with one attached hydrogen (secondary N) is 1. The number of benzene rings is 1. The Labute approximate surface area is 87.1 Å². The van der Waals surface area contributed by atoms with Crippen LogP contribution in [0.15, 0.2) is 24.3 Å². The van der Waals surface area contributed by atoms with Gasteiger partial charge in [-0.15, -0.1) is 5.10 Å². The van der Waals surface area contributed by atoms with Crippen LogP contribution in [0.25, 0.3) is 0 Å². The standard InChI is InChI=1S/C10H10ClN3/c1-7-2-4-8(5-3-7)6-9-12-10(11)14-13-9/h2-5H,6H2,1H3,(H,12,13,14). The van der Waals surface area contributed by atoms with E-state index in [1.165, 1.54) is 11.1 Å². The molecule has 1 N–H and O–H groups in total. The summed E-state index contributed by atoms with van der Waals surface area (Å²) in [5.74, 6) is 0.791. The first-order valence-corrected chi connectivity index (χ1v) is 4.74. The molecule has 14 heavy (non-hydrogen) atoms. The highest BCUT2D eigenvalue weighted by Gasteiger charge is 2.01. The lowest BCUT2D eigenvalue weighted by atomic mass is 10.1. The van der Waals surface area contributed by atoms with Crippen LogP contribution in [0.5, 0.6) is 0 Å². The van der Waals surface area contributed by atoms with Gasteiger partial charge in [0.25, 0.3) is 0 Å². The lowest BCUT2D eigenvalue weighted by molar-refractivity contribution is 0.972. The molecule has 0 fully saturated rings. The summed E-state index contributed by atoms with van der Waals surface area (Å²) >= 11 is 5.60. The molecule has 0 amide bonds. The molecule has 1 aromatic heterocycles. The molecule has 4 heteroatoms. The molecule has 0 saturated carbocycles. The van der Waals surface area contributed by atoms with Gasteiger partial charge < -0.3 is 0 Å². The van der Waals surface area contributed by atoms with E-state index in [-0.39, 0.29) is 5.28 Å². The molecular formula is C10H10ClN3. The van der Waals surface area contributed by atoms with Crippen LogP contribution in [0.1, 0.15) is 17.0 Å². The number of halogens is 1. The molecular weight excluding hydrogens is 198 g/mol. The van der Waals surface area contributed by atoms with Crippen molar-refractivity contribution in [2.75, 3.05) is 0 Å². The Morgan fingerprint density at radius 1 is 1.29 bits per heavy atom. The average Bonchev–Trinajstić information content (AvgIpc) is 2.56. The van der Waals surface area contributed by atoms with Gasteiger partial charge in [0.15, 0.2) is 0 Å². The number of rotatable bonds is 2. The lowest BCUT2D eigenvalue weighted by Gasteiger charge is -1.97. The van der Waals surface area contributed by atoms with Gasteiger partial charge in [-0.2, -0.15) is 0 Å². The summed E-state index contributed by atoms with van der Waals surface area (Å²) in [6.07, 6.45) is 0.736. The van der Waals surface area contributed by atoms with Gasteiger partial charge in [0.2, 0.25) is 5.28 Å². The topological polar surface area (TPSA) is 41.6 Å². The highest BCUT2D eigenvalue weighted by molar-refractivity contribution is 6.28. The predicted molar refractivity (Wildman–Crippen MR) is 55.4 cm³/mol. The van der Waals surface area contributed by atoms with Crippen LogP contribution in [0, 0.1) is 6.92 Å². The third-order valence-corrected chi connectivity index (χ3v) is 2.17. The number of H-pyrrole nitrogens is 1. The monoisotopic (exact) mass is 207 g/mol. The first kappa shape index (κ1) is 9.21. The zero-order chi connectivity index (χ0) is 9.97. The number of aromatic amines is 1. The smallest absolute Gasteiger partial charge is 0.242 e. The molecule has 0 saturated heterocycles. The summed E-state index contributed by atoms with van der Waals surface area (Å²) in [6.45, 7) is 2.06. The number of nitrogens with zero attached hydrogens (tertiary/aromatic N) is 2. The summed E-state index contributed by atoms with van der Waals surface area (Å²) in [5.41, 5.74) is 2.45. The summed E-state index contributed by atoms with van der Waals surface area (Å²) in [7, 11) is 0. The van der Waals surface area contributed by atoms with Gasteiger partial charge in [-0.05, 0) is 24.1 Å². The zero-order valence-corrected chi connectivity index (χ0v) is 8.54. The third kappa shape index (κ3) is 2.12. The largest absolute Gasteiger partial charge is 0.261 e. The molecule has 3 nitrogen and oxygen atoms in total. The number of aromatic nitrogens is 3. The van der Waals surface area contributed by atoms with E-state index in [1.54, 1.807) is 0 Å². The maximum Gasteiger partial charge on any atom is 0.242 e. The molecule has 0 aliphatic heterocycles. The number of hydrogen-bond donors (Lipinski definition) is 1. The van der Waals surface area contributed by atoms with Crippen molar-refractivity contribution in [2.24, 2.45) is 0 Å². The second kappa shape index (κ2) is 3.80. The molecule has 2 rings (SSSR count). The van der Waals surface area contributed by atoms with Crippen molar-refractivity contribution in [3.63, 3.8) is 0 Å². The Bertz CT molecular complexity index is 419. The van der Waals surface area contributed by atoms with Crippen molar-refractivity contribution in [3.05, 3.63) is 46.5 Å². The predicted octanol–water partition coefficient (Wildman–Crippen LogP) is 2.36. The molecule has 1 aromatic carbocycles. The molecule has 0 spiro atoms. The number of aryl methyl sites for hydroxylation is 1. The van der Waals surface area contributed by atoms with E-state index in [0.29, 0.717) is 0 Å². The fraction of sp³-hybridized carbons (Fsp3) is 0.200. The van der Waals surface area contributed by atoms with E-state index in [2.05, 4.69) is 46.4 Å². The van der Waals surface area contributed by atoms with E-state index in [9.17, 15) is 0 Å². The van der Waals surface area contributed by atoms with Gasteiger partial charge in [-0.3, -0.25) is 5.10 Å². The quantitative estimate of drug-likeness (QED) is 0.822. The minimum atomic E-state index is 0.270. The van der Waals surface area contributed by atoms with Crippen LogP contribution in [-0.4, -0.2) is 15.2 Å². The van der Waals surface area contributed by atoms with E-state index in [4.69, 9.17) is 11.6 Å². The molecule has 0 unspecified atom stereocenters. The summed E-state index contributed by atoms with van der Waals surface area (Å²) in [5, 5.41) is 6.81. The van der Waals surface area contributed by atoms with Crippen molar-refractivity contribution in [1.82, 2.24) is 15.2 Å². The van der Waals surface area contributed by atoms with Gasteiger partial charge in [0.1, 0.15) is 5.82 Å². The zero-order valence-electron chi connectivity index (χ0n) is 7.79. The minimum Gasteiger partial charge on any atom is -0.261 e. The molecule has 0 atom stereocenters. The normalized spacial score (nSPS) is 10.4. The van der Waals surface area contributed by atoms with E-state index in [0.717, 1.165) is 12.2 Å². The fourth-order valence-corrected chi connectivity index (χ4v) is 1.39. The SMILES string of the molecule is Cc1ccc(Cc2nc(Cl)n[nH]2)cc1. The highest BCUT2D eigenvalue weighted by Crippen LogP contribution is 2.08. The Balaban J connectivity index is 2.15. The maximum absolute atomic E-state index is 5.60. The van der Waals surface area contributed by atoms with Crippen LogP contribution < -0.4 is 0 Å². The van der Waals surface area contributed by atoms with Crippen LogP contribution >= 0.6 is 11.6 Å². The van der Waals surface area contributed by atoms with E-state index < -0.39 is 0 Å². The van der Waals surface area contributed by atoms with Crippen LogP contribution in [-0.2, 0) is 6.42 Å². The van der Waals surface area contributed by atoms with Gasteiger partial charge in [0, 0.05) is 6.42 Å². The van der Waals surface area contributed by atoms with E-state index in [1.807, 2.05) is 0 Å². The van der Waals surface area contributed by atoms with Crippen molar-refractivity contribution in [1.29, 1.82) is 0 Å². The molecule has 0 bridgehead atoms. The van der Waals surface area contributed by atoms with Crippen LogP contribution in [0.2, 0.25) is 5.28 Å². The Morgan fingerprint density at radius 3 is 2.57 bits per heavy atom. The fourth-order valence-electron chi connectivity index (χ4n) is 1.25. The summed E-state index contributed by atoms with van der Waals surface area (Å²) in [6, 6.07) is 8.30. The maximum atomic E-state index is 5.60. The Hall–Kier alpha value is -1.35. The van der Waals surface area contributed by atoms with Gasteiger partial charge >= 0.3 is 0 Å². The number of hydrogen-bond acceptors (Lipinski definition) is 2. The molecule has 2 aromatic rings. The summed E-state index contributed by atoms with van der Waals surface area (Å²) in [4.78, 5) is 4.03. The van der Waals surface area contributed by atoms with Crippen molar-refractivity contribution in [2.45, 2.75) is 13.3 Å². The van der Waals surface area contributed by atoms with Gasteiger partial charge in [-0.1, -0.05) is 29.8 Å². The Morgan fingerprint density at radius 2 is 2.00 bits per heavy atom. The Kier molecular flexibility index (Phi) is 2.50. The van der Waals surface area contributed by atoms with Crippen LogP contribution in [0.3, 0.4) is 0 Å². The third-order valence-electron chi connectivity index (χ3n) is 2.00.